The zero-order chi connectivity index (χ0) is 10.4. The predicted molar refractivity (Wildman–Crippen MR) is 50.7 cm³/mol. The summed E-state index contributed by atoms with van der Waals surface area (Å²) in [5.74, 6) is -0.0504. The molecule has 14 heavy (non-hydrogen) atoms. The van der Waals surface area contributed by atoms with Crippen LogP contribution in [0.3, 0.4) is 0 Å². The molecule has 0 fully saturated rings. The van der Waals surface area contributed by atoms with Gasteiger partial charge in [0.25, 0.3) is 6.47 Å². The van der Waals surface area contributed by atoms with Gasteiger partial charge < -0.3 is 4.74 Å². The highest BCUT2D eigenvalue weighted by Gasteiger charge is 1.96. The van der Waals surface area contributed by atoms with E-state index in [0.717, 1.165) is 11.3 Å². The highest BCUT2D eigenvalue weighted by Crippen LogP contribution is 2.08. The van der Waals surface area contributed by atoms with Crippen molar-refractivity contribution in [1.29, 1.82) is 0 Å². The second-order valence-corrected chi connectivity index (χ2v) is 2.54. The van der Waals surface area contributed by atoms with E-state index in [1.165, 1.54) is 6.08 Å². The normalized spacial score (nSPS) is 10.4. The van der Waals surface area contributed by atoms with Gasteiger partial charge in [0.1, 0.15) is 0 Å². The van der Waals surface area contributed by atoms with Crippen molar-refractivity contribution in [3.8, 4) is 0 Å². The Balaban J connectivity index is 2.95. The SMILES string of the molecule is [C-]#[N+]/C(=C/c1ccnc(C)c1)OC=O. The summed E-state index contributed by atoms with van der Waals surface area (Å²) < 4.78 is 4.44. The summed E-state index contributed by atoms with van der Waals surface area (Å²) >= 11 is 0. The zero-order valence-electron chi connectivity index (χ0n) is 7.60. The lowest BCUT2D eigenvalue weighted by molar-refractivity contribution is -0.124. The van der Waals surface area contributed by atoms with Crippen LogP contribution >= 0.6 is 0 Å². The van der Waals surface area contributed by atoms with Gasteiger partial charge in [0.05, 0.1) is 6.57 Å². The van der Waals surface area contributed by atoms with Crippen molar-refractivity contribution in [2.24, 2.45) is 0 Å². The Labute approximate surface area is 81.7 Å². The molecular formula is C10H8N2O2. The first-order valence-corrected chi connectivity index (χ1v) is 3.88. The molecule has 0 aliphatic rings. The first-order chi connectivity index (χ1) is 6.76. The number of hydrogen-bond donors (Lipinski definition) is 0. The van der Waals surface area contributed by atoms with E-state index < -0.39 is 0 Å². The molecule has 4 nitrogen and oxygen atoms in total. The first-order valence-electron chi connectivity index (χ1n) is 3.88. The smallest absolute Gasteiger partial charge is 0.348 e. The number of hydrogen-bond acceptors (Lipinski definition) is 3. The van der Waals surface area contributed by atoms with E-state index in [4.69, 9.17) is 6.57 Å². The molecule has 0 saturated heterocycles. The molecule has 0 atom stereocenters. The third-order valence-corrected chi connectivity index (χ3v) is 1.49. The lowest BCUT2D eigenvalue weighted by Crippen LogP contribution is -1.85. The van der Waals surface area contributed by atoms with E-state index in [1.807, 2.05) is 6.92 Å². The molecule has 1 aromatic rings. The van der Waals surface area contributed by atoms with Crippen LogP contribution in [0.25, 0.3) is 10.9 Å². The molecule has 0 bridgehead atoms. The van der Waals surface area contributed by atoms with Crippen LogP contribution in [0.5, 0.6) is 0 Å². The second-order valence-electron chi connectivity index (χ2n) is 2.54. The molecule has 0 radical (unpaired) electrons. The van der Waals surface area contributed by atoms with Gasteiger partial charge in [0.2, 0.25) is 0 Å². The topological polar surface area (TPSA) is 43.5 Å². The molecule has 0 N–H and O–H groups in total. The van der Waals surface area contributed by atoms with Crippen LogP contribution in [0.1, 0.15) is 11.3 Å². The Kier molecular flexibility index (Phi) is 3.39. The van der Waals surface area contributed by atoms with E-state index in [0.29, 0.717) is 0 Å². The minimum atomic E-state index is -0.0504. The van der Waals surface area contributed by atoms with Gasteiger partial charge in [-0.05, 0) is 30.7 Å². The van der Waals surface area contributed by atoms with Crippen LogP contribution in [-0.4, -0.2) is 11.5 Å². The Morgan fingerprint density at radius 1 is 1.71 bits per heavy atom. The molecule has 1 rings (SSSR count). The van der Waals surface area contributed by atoms with Gasteiger partial charge in [-0.25, -0.2) is 0 Å². The number of carbonyl (C=O) groups is 1. The fourth-order valence-corrected chi connectivity index (χ4v) is 0.942. The molecule has 1 aromatic heterocycles. The van der Waals surface area contributed by atoms with Crippen molar-refractivity contribution in [2.45, 2.75) is 6.92 Å². The molecule has 70 valence electrons. The Bertz CT molecular complexity index is 405. The van der Waals surface area contributed by atoms with Crippen LogP contribution in [0.2, 0.25) is 0 Å². The predicted octanol–water partition coefficient (Wildman–Crippen LogP) is 1.78. The maximum absolute atomic E-state index is 10.0. The van der Waals surface area contributed by atoms with Crippen molar-refractivity contribution in [3.05, 3.63) is 46.9 Å². The Morgan fingerprint density at radius 3 is 3.07 bits per heavy atom. The summed E-state index contributed by atoms with van der Waals surface area (Å²) in [4.78, 5) is 17.1. The number of carbonyl (C=O) groups excluding carboxylic acids is 1. The van der Waals surface area contributed by atoms with Crippen LogP contribution in [0.15, 0.2) is 24.2 Å². The monoisotopic (exact) mass is 188 g/mol. The van der Waals surface area contributed by atoms with E-state index in [2.05, 4.69) is 14.6 Å². The molecule has 1 heterocycles. The largest absolute Gasteiger partial charge is 0.454 e. The van der Waals surface area contributed by atoms with E-state index in [-0.39, 0.29) is 12.4 Å². The zero-order valence-corrected chi connectivity index (χ0v) is 7.60. The summed E-state index contributed by atoms with van der Waals surface area (Å²) in [6.07, 6.45) is 3.11. The van der Waals surface area contributed by atoms with E-state index in [9.17, 15) is 4.79 Å². The fourth-order valence-electron chi connectivity index (χ4n) is 0.942. The third-order valence-electron chi connectivity index (χ3n) is 1.49. The summed E-state index contributed by atoms with van der Waals surface area (Å²) in [6, 6.07) is 3.52. The van der Waals surface area contributed by atoms with E-state index in [1.54, 1.807) is 18.3 Å². The Hall–Kier alpha value is -2.15. The third kappa shape index (κ3) is 2.72. The van der Waals surface area contributed by atoms with Crippen molar-refractivity contribution < 1.29 is 9.53 Å². The number of aromatic nitrogens is 1. The fraction of sp³-hybridized carbons (Fsp3) is 0.100. The van der Waals surface area contributed by atoms with Gasteiger partial charge in [-0.15, -0.1) is 0 Å². The molecule has 0 aliphatic carbocycles. The highest BCUT2D eigenvalue weighted by molar-refractivity contribution is 5.55. The van der Waals surface area contributed by atoms with Gasteiger partial charge in [0, 0.05) is 11.9 Å². The van der Waals surface area contributed by atoms with Crippen LogP contribution in [0, 0.1) is 13.5 Å². The summed E-state index contributed by atoms with van der Waals surface area (Å²) in [7, 11) is 0. The van der Waals surface area contributed by atoms with Crippen molar-refractivity contribution in [1.82, 2.24) is 4.98 Å². The number of rotatable bonds is 3. The maximum Gasteiger partial charge on any atom is 0.348 e. The van der Waals surface area contributed by atoms with Crippen molar-refractivity contribution in [3.63, 3.8) is 0 Å². The minimum Gasteiger partial charge on any atom is -0.454 e. The minimum absolute atomic E-state index is 0.0504. The average Bonchev–Trinajstić information content (AvgIpc) is 2.17. The summed E-state index contributed by atoms with van der Waals surface area (Å²) in [5, 5.41) is 0. The molecule has 4 heteroatoms. The number of ether oxygens (including phenoxy) is 1. The highest BCUT2D eigenvalue weighted by atomic mass is 16.5. The van der Waals surface area contributed by atoms with Crippen LogP contribution in [-0.2, 0) is 9.53 Å². The van der Waals surface area contributed by atoms with Gasteiger partial charge in [0.15, 0.2) is 0 Å². The molecule has 0 aromatic carbocycles. The lowest BCUT2D eigenvalue weighted by atomic mass is 10.2. The van der Waals surface area contributed by atoms with Gasteiger partial charge >= 0.3 is 5.88 Å². The number of nitrogens with zero attached hydrogens (tertiary/aromatic N) is 2. The second kappa shape index (κ2) is 4.77. The average molecular weight is 188 g/mol. The van der Waals surface area contributed by atoms with Crippen LogP contribution < -0.4 is 0 Å². The standard InChI is InChI=1S/C10H8N2O2/c1-8-5-9(3-4-12-8)6-10(11-2)14-7-13/h3-7H,1H3/b10-6-. The quantitative estimate of drug-likeness (QED) is 0.412. The van der Waals surface area contributed by atoms with Crippen molar-refractivity contribution >= 4 is 12.5 Å². The summed E-state index contributed by atoms with van der Waals surface area (Å²) in [6.45, 7) is 8.80. The number of aryl methyl sites for hydroxylation is 1. The lowest BCUT2D eigenvalue weighted by Gasteiger charge is -1.96. The van der Waals surface area contributed by atoms with Gasteiger partial charge in [-0.1, -0.05) is 0 Å². The van der Waals surface area contributed by atoms with Gasteiger partial charge in [-0.2, -0.15) is 4.85 Å². The van der Waals surface area contributed by atoms with Crippen molar-refractivity contribution in [2.75, 3.05) is 0 Å². The molecule has 0 saturated carbocycles. The first kappa shape index (κ1) is 9.93. The maximum atomic E-state index is 10.0. The molecule has 0 unspecified atom stereocenters. The van der Waals surface area contributed by atoms with E-state index >= 15 is 0 Å². The summed E-state index contributed by atoms with van der Waals surface area (Å²) in [5.41, 5.74) is 1.62. The van der Waals surface area contributed by atoms with Gasteiger partial charge in [-0.3, -0.25) is 9.78 Å². The molecule has 0 aliphatic heterocycles. The molecule has 0 spiro atoms. The number of pyridine rings is 1. The van der Waals surface area contributed by atoms with Crippen LogP contribution in [0.4, 0.5) is 0 Å². The molecular weight excluding hydrogens is 180 g/mol. The molecule has 0 amide bonds. The Morgan fingerprint density at radius 2 is 2.50 bits per heavy atom.